The third-order valence-electron chi connectivity index (χ3n) is 11.4. The fourth-order valence-corrected chi connectivity index (χ4v) is 10.1. The van der Waals surface area contributed by atoms with Gasteiger partial charge >= 0.3 is 0 Å². The van der Waals surface area contributed by atoms with E-state index in [9.17, 15) is 15.2 Å². The fourth-order valence-electron chi connectivity index (χ4n) is 10.1. The van der Waals surface area contributed by atoms with E-state index >= 15 is 0 Å². The topological polar surface area (TPSA) is 73.1 Å². The first kappa shape index (κ1) is 22.6. The van der Waals surface area contributed by atoms with Gasteiger partial charge in [-0.05, 0) is 117 Å². The molecule has 0 spiro atoms. The average molecular weight is 461 g/mol. The molecule has 1 aromatic carbocycles. The Hall–Kier alpha value is -1.86. The summed E-state index contributed by atoms with van der Waals surface area (Å²) in [6, 6.07) is 9.73. The van der Waals surface area contributed by atoms with Gasteiger partial charge < -0.3 is 10.4 Å². The minimum absolute atomic E-state index is 0.128. The maximum absolute atomic E-state index is 13.7. The van der Waals surface area contributed by atoms with Crippen molar-refractivity contribution in [2.24, 2.45) is 58.7 Å². The second-order valence-electron chi connectivity index (χ2n) is 13.1. The van der Waals surface area contributed by atoms with Crippen LogP contribution in [0.5, 0.6) is 0 Å². The molecule has 0 radical (unpaired) electrons. The largest absolute Gasteiger partial charge is 0.390 e. The number of benzene rings is 1. The molecule has 5 aliphatic rings. The number of rotatable bonds is 4. The predicted octanol–water partition coefficient (Wildman–Crippen LogP) is 5.66. The zero-order valence-corrected chi connectivity index (χ0v) is 21.0. The number of para-hydroxylation sites is 1. The molecule has 6 rings (SSSR count). The smallest absolute Gasteiger partial charge is 0.155 e. The summed E-state index contributed by atoms with van der Waals surface area (Å²) in [5.41, 5.74) is 1.04. The maximum atomic E-state index is 13.7. The second-order valence-corrected chi connectivity index (χ2v) is 13.1. The molecule has 0 saturated heterocycles. The van der Waals surface area contributed by atoms with Crippen molar-refractivity contribution in [2.75, 3.05) is 11.9 Å². The van der Waals surface area contributed by atoms with Gasteiger partial charge in [0, 0.05) is 5.92 Å². The molecule has 0 amide bonds. The van der Waals surface area contributed by atoms with Gasteiger partial charge in [-0.2, -0.15) is 5.26 Å². The van der Waals surface area contributed by atoms with Crippen LogP contribution in [0.4, 0.5) is 5.69 Å². The third-order valence-corrected chi connectivity index (χ3v) is 11.4. The van der Waals surface area contributed by atoms with Crippen LogP contribution in [-0.4, -0.2) is 23.0 Å². The number of aliphatic hydroxyl groups is 1. The Morgan fingerprint density at radius 2 is 1.85 bits per heavy atom. The van der Waals surface area contributed by atoms with E-state index in [0.717, 1.165) is 42.2 Å². The highest BCUT2D eigenvalue weighted by atomic mass is 16.3. The van der Waals surface area contributed by atoms with E-state index in [1.807, 2.05) is 25.1 Å². The van der Waals surface area contributed by atoms with Crippen LogP contribution in [0.1, 0.15) is 71.3 Å². The summed E-state index contributed by atoms with van der Waals surface area (Å²) < 4.78 is 0. The first-order valence-electron chi connectivity index (χ1n) is 13.7. The summed E-state index contributed by atoms with van der Waals surface area (Å²) in [4.78, 5) is 13.7. The normalized spacial score (nSPS) is 48.5. The van der Waals surface area contributed by atoms with Crippen molar-refractivity contribution in [3.05, 3.63) is 29.8 Å². The van der Waals surface area contributed by atoms with Crippen LogP contribution < -0.4 is 5.32 Å². The zero-order valence-electron chi connectivity index (χ0n) is 21.0. The Morgan fingerprint density at radius 3 is 2.65 bits per heavy atom. The quantitative estimate of drug-likeness (QED) is 0.608. The molecular weight excluding hydrogens is 420 g/mol. The molecule has 4 nitrogen and oxygen atoms in total. The summed E-state index contributed by atoms with van der Waals surface area (Å²) in [5, 5.41) is 23.4. The second kappa shape index (κ2) is 7.82. The van der Waals surface area contributed by atoms with E-state index in [1.165, 1.54) is 32.1 Å². The van der Waals surface area contributed by atoms with Crippen LogP contribution in [0.15, 0.2) is 24.3 Å². The van der Waals surface area contributed by atoms with Crippen molar-refractivity contribution < 1.29 is 9.90 Å². The summed E-state index contributed by atoms with van der Waals surface area (Å²) in [5.74, 6) is 6.21. The van der Waals surface area contributed by atoms with Crippen molar-refractivity contribution in [3.8, 4) is 6.07 Å². The third kappa shape index (κ3) is 3.29. The van der Waals surface area contributed by atoms with Gasteiger partial charge in [0.25, 0.3) is 0 Å². The highest BCUT2D eigenvalue weighted by Crippen LogP contribution is 2.76. The fraction of sp³-hybridized carbons (Fsp3) is 0.733. The SMILES string of the molecule is CC1[C@@H]2[C@H]1[C@H](C(=O)CNc1ccccc1C#N)[C@@]1(C)CC[C@H]3[C@@H](CC[C@@H]4C[C@](C)(O)CC[C@@H]43)[C@H]21. The first-order chi connectivity index (χ1) is 16.2. The number of hydrogen-bond acceptors (Lipinski definition) is 4. The number of carbonyl (C=O) groups is 1. The van der Waals surface area contributed by atoms with E-state index in [0.29, 0.717) is 41.6 Å². The Kier molecular flexibility index (Phi) is 5.20. The lowest BCUT2D eigenvalue weighted by Crippen LogP contribution is -2.53. The molecule has 5 fully saturated rings. The Balaban J connectivity index is 1.21. The molecule has 1 unspecified atom stereocenters. The van der Waals surface area contributed by atoms with Gasteiger partial charge in [-0.25, -0.2) is 0 Å². The van der Waals surface area contributed by atoms with E-state index in [-0.39, 0.29) is 11.3 Å². The van der Waals surface area contributed by atoms with Gasteiger partial charge in [0.05, 0.1) is 23.4 Å². The number of nitrogens with zero attached hydrogens (tertiary/aromatic N) is 1. The van der Waals surface area contributed by atoms with Crippen LogP contribution >= 0.6 is 0 Å². The van der Waals surface area contributed by atoms with Crippen molar-refractivity contribution in [2.45, 2.75) is 71.3 Å². The number of fused-ring (bicyclic) bond motifs is 7. The van der Waals surface area contributed by atoms with E-state index in [2.05, 4.69) is 25.2 Å². The molecule has 11 atom stereocenters. The lowest BCUT2D eigenvalue weighted by Gasteiger charge is -2.58. The van der Waals surface area contributed by atoms with Crippen LogP contribution in [0.3, 0.4) is 0 Å². The van der Waals surface area contributed by atoms with E-state index in [1.54, 1.807) is 6.07 Å². The molecule has 1 aromatic rings. The lowest BCUT2D eigenvalue weighted by molar-refractivity contribution is -0.135. The molecule has 182 valence electrons. The molecule has 5 aliphatic carbocycles. The molecule has 5 saturated carbocycles. The summed E-state index contributed by atoms with van der Waals surface area (Å²) in [6.07, 6.45) is 8.16. The molecule has 0 heterocycles. The lowest BCUT2D eigenvalue weighted by atomic mass is 9.47. The van der Waals surface area contributed by atoms with Crippen LogP contribution in [0.2, 0.25) is 0 Å². The van der Waals surface area contributed by atoms with Crippen molar-refractivity contribution in [1.29, 1.82) is 5.26 Å². The van der Waals surface area contributed by atoms with Crippen LogP contribution in [0, 0.1) is 70.0 Å². The van der Waals surface area contributed by atoms with Gasteiger partial charge in [-0.15, -0.1) is 0 Å². The van der Waals surface area contributed by atoms with Gasteiger partial charge in [0.15, 0.2) is 5.78 Å². The minimum atomic E-state index is -0.463. The Bertz CT molecular complexity index is 1030. The minimum Gasteiger partial charge on any atom is -0.390 e. The van der Waals surface area contributed by atoms with Gasteiger partial charge in [-0.1, -0.05) is 26.0 Å². The number of ketones is 1. The molecular formula is C30H40N2O2. The number of nitrogens with one attached hydrogen (secondary N) is 1. The summed E-state index contributed by atoms with van der Waals surface area (Å²) in [7, 11) is 0. The van der Waals surface area contributed by atoms with Gasteiger partial charge in [-0.3, -0.25) is 4.79 Å². The molecule has 0 aromatic heterocycles. The monoisotopic (exact) mass is 460 g/mol. The first-order valence-corrected chi connectivity index (χ1v) is 13.7. The maximum Gasteiger partial charge on any atom is 0.155 e. The van der Waals surface area contributed by atoms with E-state index < -0.39 is 5.60 Å². The number of hydrogen-bond donors (Lipinski definition) is 2. The van der Waals surface area contributed by atoms with Gasteiger partial charge in [0.2, 0.25) is 0 Å². The summed E-state index contributed by atoms with van der Waals surface area (Å²) >= 11 is 0. The molecule has 0 aliphatic heterocycles. The highest BCUT2D eigenvalue weighted by molar-refractivity contribution is 5.87. The van der Waals surface area contributed by atoms with Crippen molar-refractivity contribution >= 4 is 11.5 Å². The number of nitriles is 1. The number of anilines is 1. The number of carbonyl (C=O) groups excluding carboxylic acids is 1. The van der Waals surface area contributed by atoms with Crippen molar-refractivity contribution in [1.82, 2.24) is 0 Å². The molecule has 4 heteroatoms. The molecule has 34 heavy (non-hydrogen) atoms. The van der Waals surface area contributed by atoms with E-state index in [4.69, 9.17) is 0 Å². The Morgan fingerprint density at radius 1 is 1.09 bits per heavy atom. The summed E-state index contributed by atoms with van der Waals surface area (Å²) in [6.45, 7) is 7.21. The van der Waals surface area contributed by atoms with Crippen LogP contribution in [0.25, 0.3) is 0 Å². The van der Waals surface area contributed by atoms with Gasteiger partial charge in [0.1, 0.15) is 6.07 Å². The Labute approximate surface area is 204 Å². The van der Waals surface area contributed by atoms with Crippen molar-refractivity contribution in [3.63, 3.8) is 0 Å². The number of Topliss-reactive ketones (excluding diaryl/α,β-unsaturated/α-hetero) is 1. The standard InChI is InChI=1S/C30H40N2O2/c1-17-25-26(17)28(24(33)16-32-23-7-5-4-6-19(23)15-31)30(3)13-11-21-20-10-12-29(2,34)14-18(20)8-9-22(21)27(25)30/h4-7,17-18,20-22,25-28,32,34H,8-14,16H2,1-3H3/t17?,18-,20+,21-,22-,25-,26+,27-,28+,29-,30+/m1/s1. The predicted molar refractivity (Wildman–Crippen MR) is 133 cm³/mol. The zero-order chi connectivity index (χ0) is 23.8. The van der Waals surface area contributed by atoms with Crippen LogP contribution in [-0.2, 0) is 4.79 Å². The molecule has 2 N–H and O–H groups in total. The highest BCUT2D eigenvalue weighted by Gasteiger charge is 2.73. The molecule has 0 bridgehead atoms. The average Bonchev–Trinajstić information content (AvgIpc) is 3.33.